The molecule has 4 nitrogen and oxygen atoms in total. The molecule has 0 unspecified atom stereocenters. The smallest absolute Gasteiger partial charge is 0.266 e. The standard InChI is InChI=1S/C18H22N2O2S2/c1-11-8-13(12(2)20(11)14-5-6-14)9-16-17(21)19(18(23)24-16)10-15-4-3-7-22-15/h8-9,14-15H,3-7,10H2,1-2H3/b16-9-/t15-/m0/s1. The van der Waals surface area contributed by atoms with Gasteiger partial charge < -0.3 is 9.30 Å². The Morgan fingerprint density at radius 1 is 1.38 bits per heavy atom. The average molecular weight is 363 g/mol. The van der Waals surface area contributed by atoms with Crippen molar-refractivity contribution in [1.82, 2.24) is 9.47 Å². The molecule has 1 amide bonds. The number of aryl methyl sites for hydroxylation is 1. The fourth-order valence-electron chi connectivity index (χ4n) is 3.63. The largest absolute Gasteiger partial charge is 0.376 e. The van der Waals surface area contributed by atoms with Crippen LogP contribution in [0.4, 0.5) is 0 Å². The molecule has 0 radical (unpaired) electrons. The number of hydrogen-bond donors (Lipinski definition) is 0. The van der Waals surface area contributed by atoms with Crippen LogP contribution in [0.25, 0.3) is 6.08 Å². The van der Waals surface area contributed by atoms with Gasteiger partial charge in [0.25, 0.3) is 5.91 Å². The summed E-state index contributed by atoms with van der Waals surface area (Å²) in [6.07, 6.45) is 6.75. The van der Waals surface area contributed by atoms with Gasteiger partial charge in [0.1, 0.15) is 4.32 Å². The number of hydrogen-bond acceptors (Lipinski definition) is 4. The Balaban J connectivity index is 1.56. The van der Waals surface area contributed by atoms with Crippen molar-refractivity contribution in [2.75, 3.05) is 13.2 Å². The zero-order valence-corrected chi connectivity index (χ0v) is 15.7. The van der Waals surface area contributed by atoms with E-state index in [2.05, 4.69) is 24.5 Å². The Kier molecular flexibility index (Phi) is 4.31. The van der Waals surface area contributed by atoms with Crippen molar-refractivity contribution in [3.8, 4) is 0 Å². The number of amides is 1. The number of rotatable bonds is 4. The maximum absolute atomic E-state index is 12.7. The van der Waals surface area contributed by atoms with Crippen LogP contribution in [0.1, 0.15) is 48.7 Å². The predicted octanol–water partition coefficient (Wildman–Crippen LogP) is 3.82. The quantitative estimate of drug-likeness (QED) is 0.602. The second kappa shape index (κ2) is 6.32. The van der Waals surface area contributed by atoms with E-state index in [9.17, 15) is 4.79 Å². The molecule has 24 heavy (non-hydrogen) atoms. The summed E-state index contributed by atoms with van der Waals surface area (Å²) in [5, 5.41) is 0. The van der Waals surface area contributed by atoms with E-state index >= 15 is 0 Å². The number of aromatic nitrogens is 1. The number of carbonyl (C=O) groups excluding carboxylic acids is 1. The lowest BCUT2D eigenvalue weighted by Gasteiger charge is -2.18. The van der Waals surface area contributed by atoms with E-state index in [1.807, 2.05) is 6.08 Å². The van der Waals surface area contributed by atoms with Gasteiger partial charge in [-0.05, 0) is 57.2 Å². The summed E-state index contributed by atoms with van der Waals surface area (Å²) in [7, 11) is 0. The fraction of sp³-hybridized carbons (Fsp3) is 0.556. The number of nitrogens with zero attached hydrogens (tertiary/aromatic N) is 2. The molecule has 3 fully saturated rings. The van der Waals surface area contributed by atoms with Crippen molar-refractivity contribution in [2.45, 2.75) is 51.7 Å². The second-order valence-electron chi connectivity index (χ2n) is 6.85. The number of thioether (sulfide) groups is 1. The minimum absolute atomic E-state index is 0.0247. The summed E-state index contributed by atoms with van der Waals surface area (Å²) in [6.45, 7) is 5.67. The van der Waals surface area contributed by atoms with Crippen molar-refractivity contribution in [3.05, 3.63) is 27.9 Å². The number of ether oxygens (including phenoxy) is 1. The molecule has 4 rings (SSSR count). The van der Waals surface area contributed by atoms with Gasteiger partial charge in [-0.15, -0.1) is 0 Å². The zero-order valence-electron chi connectivity index (χ0n) is 14.1. The van der Waals surface area contributed by atoms with Gasteiger partial charge >= 0.3 is 0 Å². The van der Waals surface area contributed by atoms with E-state index in [-0.39, 0.29) is 12.0 Å². The van der Waals surface area contributed by atoms with Crippen LogP contribution in [0.2, 0.25) is 0 Å². The third-order valence-corrected chi connectivity index (χ3v) is 6.38. The Labute approximate surface area is 152 Å². The van der Waals surface area contributed by atoms with E-state index in [1.165, 1.54) is 36.0 Å². The third-order valence-electron chi connectivity index (χ3n) is 5.01. The Hall–Kier alpha value is -1.11. The van der Waals surface area contributed by atoms with Gasteiger partial charge in [0.15, 0.2) is 0 Å². The summed E-state index contributed by atoms with van der Waals surface area (Å²) in [5.74, 6) is 0.0247. The lowest BCUT2D eigenvalue weighted by atomic mass is 10.2. The van der Waals surface area contributed by atoms with Gasteiger partial charge in [-0.25, -0.2) is 0 Å². The van der Waals surface area contributed by atoms with E-state index in [0.29, 0.717) is 16.9 Å². The first-order valence-corrected chi connectivity index (χ1v) is 9.82. The summed E-state index contributed by atoms with van der Waals surface area (Å²) in [6, 6.07) is 2.83. The summed E-state index contributed by atoms with van der Waals surface area (Å²) < 4.78 is 8.70. The van der Waals surface area contributed by atoms with Gasteiger partial charge in [0, 0.05) is 24.0 Å². The van der Waals surface area contributed by atoms with E-state index in [0.717, 1.165) is 29.9 Å². The molecule has 2 aliphatic heterocycles. The van der Waals surface area contributed by atoms with E-state index in [4.69, 9.17) is 17.0 Å². The van der Waals surface area contributed by atoms with Crippen LogP contribution in [-0.2, 0) is 9.53 Å². The molecule has 1 aromatic heterocycles. The molecular formula is C18H22N2O2S2. The normalized spacial score (nSPS) is 26.2. The van der Waals surface area contributed by atoms with Crippen molar-refractivity contribution in [3.63, 3.8) is 0 Å². The van der Waals surface area contributed by atoms with Crippen molar-refractivity contribution in [1.29, 1.82) is 0 Å². The molecule has 1 atom stereocenters. The highest BCUT2D eigenvalue weighted by Gasteiger charge is 2.35. The molecule has 3 aliphatic rings. The van der Waals surface area contributed by atoms with Crippen LogP contribution in [-0.4, -0.2) is 39.0 Å². The average Bonchev–Trinajstić information content (AvgIpc) is 3.06. The topological polar surface area (TPSA) is 34.5 Å². The lowest BCUT2D eigenvalue weighted by molar-refractivity contribution is -0.123. The maximum Gasteiger partial charge on any atom is 0.266 e. The molecule has 0 spiro atoms. The highest BCUT2D eigenvalue weighted by Crippen LogP contribution is 2.40. The number of thiocarbonyl (C=S) groups is 1. The first-order chi connectivity index (χ1) is 11.5. The summed E-state index contributed by atoms with van der Waals surface area (Å²) >= 11 is 6.84. The fourth-order valence-corrected chi connectivity index (χ4v) is 4.90. The molecule has 2 saturated heterocycles. The second-order valence-corrected chi connectivity index (χ2v) is 8.53. The van der Waals surface area contributed by atoms with Crippen molar-refractivity contribution < 1.29 is 9.53 Å². The minimum atomic E-state index is 0.0247. The molecule has 1 saturated carbocycles. The molecule has 0 bridgehead atoms. The van der Waals surface area contributed by atoms with Gasteiger partial charge in [0.05, 0.1) is 17.6 Å². The van der Waals surface area contributed by atoms with Gasteiger partial charge in [-0.1, -0.05) is 24.0 Å². The third kappa shape index (κ3) is 2.95. The molecular weight excluding hydrogens is 340 g/mol. The Bertz CT molecular complexity index is 728. The lowest BCUT2D eigenvalue weighted by Crippen LogP contribution is -2.35. The van der Waals surface area contributed by atoms with Crippen LogP contribution in [0.15, 0.2) is 11.0 Å². The van der Waals surface area contributed by atoms with Gasteiger partial charge in [0.2, 0.25) is 0 Å². The molecule has 6 heteroatoms. The van der Waals surface area contributed by atoms with Crippen molar-refractivity contribution in [2.24, 2.45) is 0 Å². The molecule has 0 N–H and O–H groups in total. The van der Waals surface area contributed by atoms with Gasteiger partial charge in [-0.3, -0.25) is 9.69 Å². The predicted molar refractivity (Wildman–Crippen MR) is 101 cm³/mol. The first kappa shape index (κ1) is 16.4. The van der Waals surface area contributed by atoms with E-state index in [1.54, 1.807) is 4.90 Å². The molecule has 0 aromatic carbocycles. The maximum atomic E-state index is 12.7. The van der Waals surface area contributed by atoms with Gasteiger partial charge in [-0.2, -0.15) is 0 Å². The zero-order chi connectivity index (χ0) is 16.8. The van der Waals surface area contributed by atoms with Crippen molar-refractivity contribution >= 4 is 40.3 Å². The first-order valence-electron chi connectivity index (χ1n) is 8.60. The number of carbonyl (C=O) groups is 1. The van der Waals surface area contributed by atoms with Crippen LogP contribution >= 0.6 is 24.0 Å². The van der Waals surface area contributed by atoms with Crippen LogP contribution in [0.3, 0.4) is 0 Å². The highest BCUT2D eigenvalue weighted by molar-refractivity contribution is 8.26. The van der Waals surface area contributed by atoms with Crippen LogP contribution in [0, 0.1) is 13.8 Å². The monoisotopic (exact) mass is 362 g/mol. The summed E-state index contributed by atoms with van der Waals surface area (Å²) in [5.41, 5.74) is 3.66. The van der Waals surface area contributed by atoms with E-state index < -0.39 is 0 Å². The highest BCUT2D eigenvalue weighted by atomic mass is 32.2. The molecule has 128 valence electrons. The minimum Gasteiger partial charge on any atom is -0.376 e. The van der Waals surface area contributed by atoms with Crippen LogP contribution < -0.4 is 0 Å². The Morgan fingerprint density at radius 3 is 2.83 bits per heavy atom. The SMILES string of the molecule is Cc1cc(/C=C2\SC(=S)N(C[C@@H]3CCCO3)C2=O)c(C)n1C1CC1. The molecule has 3 heterocycles. The molecule has 1 aromatic rings. The Morgan fingerprint density at radius 2 is 2.17 bits per heavy atom. The summed E-state index contributed by atoms with van der Waals surface area (Å²) in [4.78, 5) is 15.2. The molecule has 1 aliphatic carbocycles. The van der Waals surface area contributed by atoms with Crippen LogP contribution in [0.5, 0.6) is 0 Å².